The molecule has 2 heterocycles. The van der Waals surface area contributed by atoms with E-state index in [0.717, 1.165) is 44.8 Å². The van der Waals surface area contributed by atoms with E-state index in [2.05, 4.69) is 28.5 Å². The summed E-state index contributed by atoms with van der Waals surface area (Å²) in [7, 11) is 0. The number of ether oxygens (including phenoxy) is 1. The lowest BCUT2D eigenvalue weighted by atomic mass is 10.0. The van der Waals surface area contributed by atoms with E-state index in [4.69, 9.17) is 4.74 Å². The van der Waals surface area contributed by atoms with Crippen molar-refractivity contribution in [1.82, 2.24) is 10.3 Å². The Kier molecular flexibility index (Phi) is 5.72. The Bertz CT molecular complexity index is 1000. The van der Waals surface area contributed by atoms with E-state index in [1.807, 2.05) is 0 Å². The number of para-hydroxylation sites is 1. The minimum atomic E-state index is -4.49. The van der Waals surface area contributed by atoms with E-state index < -0.39 is 11.9 Å². The normalized spacial score (nSPS) is 13.6. The highest BCUT2D eigenvalue weighted by atomic mass is 19.4. The summed E-state index contributed by atoms with van der Waals surface area (Å²) in [6, 6.07) is 14.4. The molecular weight excluding hydrogens is 377 g/mol. The van der Waals surface area contributed by atoms with Crippen LogP contribution < -0.4 is 10.1 Å². The Morgan fingerprint density at radius 2 is 1.76 bits per heavy atom. The Morgan fingerprint density at radius 3 is 2.62 bits per heavy atom. The van der Waals surface area contributed by atoms with Gasteiger partial charge in [-0.1, -0.05) is 30.3 Å². The highest BCUT2D eigenvalue weighted by molar-refractivity contribution is 5.85. The van der Waals surface area contributed by atoms with Gasteiger partial charge in [0.15, 0.2) is 0 Å². The van der Waals surface area contributed by atoms with Crippen LogP contribution in [-0.2, 0) is 25.7 Å². The van der Waals surface area contributed by atoms with Crippen molar-refractivity contribution in [3.05, 3.63) is 70.9 Å². The van der Waals surface area contributed by atoms with Crippen molar-refractivity contribution in [2.75, 3.05) is 6.61 Å². The van der Waals surface area contributed by atoms with Crippen LogP contribution in [0.15, 0.2) is 48.5 Å². The number of hydrogen-bond acceptors (Lipinski definition) is 3. The molecule has 0 saturated carbocycles. The van der Waals surface area contributed by atoms with Crippen LogP contribution in [0.4, 0.5) is 13.2 Å². The predicted molar refractivity (Wildman–Crippen MR) is 107 cm³/mol. The number of alkyl halides is 3. The average molecular weight is 400 g/mol. The van der Waals surface area contributed by atoms with Gasteiger partial charge in [0.05, 0.1) is 12.1 Å². The highest BCUT2D eigenvalue weighted by Crippen LogP contribution is 2.34. The molecule has 0 amide bonds. The molecule has 29 heavy (non-hydrogen) atoms. The van der Waals surface area contributed by atoms with Crippen molar-refractivity contribution in [2.24, 2.45) is 0 Å². The van der Waals surface area contributed by atoms with Crippen LogP contribution in [0, 0.1) is 0 Å². The fourth-order valence-corrected chi connectivity index (χ4v) is 3.70. The van der Waals surface area contributed by atoms with Gasteiger partial charge in [0.25, 0.3) is 0 Å². The summed E-state index contributed by atoms with van der Waals surface area (Å²) in [5.41, 5.74) is 3.48. The molecule has 0 unspecified atom stereocenters. The number of nitrogens with zero attached hydrogens (tertiary/aromatic N) is 1. The molecule has 0 radical (unpaired) electrons. The van der Waals surface area contributed by atoms with Gasteiger partial charge in [0.1, 0.15) is 11.4 Å². The summed E-state index contributed by atoms with van der Waals surface area (Å²) in [6.07, 6.45) is -0.702. The first kappa shape index (κ1) is 19.7. The molecule has 0 spiro atoms. The van der Waals surface area contributed by atoms with Crippen LogP contribution in [-0.4, -0.2) is 11.6 Å². The van der Waals surface area contributed by atoms with Crippen molar-refractivity contribution in [2.45, 2.75) is 44.9 Å². The summed E-state index contributed by atoms with van der Waals surface area (Å²) in [5.74, 6) is 0.244. The first-order valence-corrected chi connectivity index (χ1v) is 9.92. The van der Waals surface area contributed by atoms with Crippen molar-refractivity contribution >= 4 is 10.9 Å². The van der Waals surface area contributed by atoms with Gasteiger partial charge in [-0.3, -0.25) is 0 Å². The van der Waals surface area contributed by atoms with Gasteiger partial charge >= 0.3 is 6.18 Å². The van der Waals surface area contributed by atoms with E-state index in [0.29, 0.717) is 17.5 Å². The minimum absolute atomic E-state index is 0.244. The van der Waals surface area contributed by atoms with E-state index >= 15 is 0 Å². The van der Waals surface area contributed by atoms with Gasteiger partial charge in [-0.05, 0) is 54.5 Å². The lowest BCUT2D eigenvalue weighted by Crippen LogP contribution is -2.09. The van der Waals surface area contributed by atoms with Crippen LogP contribution in [0.3, 0.4) is 0 Å². The van der Waals surface area contributed by atoms with Gasteiger partial charge in [-0.25, -0.2) is 4.98 Å². The number of halogens is 3. The first-order valence-electron chi connectivity index (χ1n) is 9.92. The fourth-order valence-electron chi connectivity index (χ4n) is 3.70. The summed E-state index contributed by atoms with van der Waals surface area (Å²) in [5, 5.41) is 3.95. The van der Waals surface area contributed by atoms with Gasteiger partial charge in [-0.2, -0.15) is 13.2 Å². The van der Waals surface area contributed by atoms with Gasteiger partial charge in [0, 0.05) is 24.5 Å². The molecule has 152 valence electrons. The Morgan fingerprint density at radius 1 is 0.931 bits per heavy atom. The predicted octanol–water partition coefficient (Wildman–Crippen LogP) is 5.65. The number of rotatable bonds is 7. The SMILES string of the molecule is FC(F)(F)c1cc(OCCCCCc2ccc3c(c2)CNC3)c2ccccc2n1. The van der Waals surface area contributed by atoms with Crippen LogP contribution in [0.5, 0.6) is 5.75 Å². The maximum atomic E-state index is 13.1. The van der Waals surface area contributed by atoms with Gasteiger partial charge in [-0.15, -0.1) is 0 Å². The molecule has 1 aliphatic heterocycles. The average Bonchev–Trinajstić information content (AvgIpc) is 3.17. The second-order valence-corrected chi connectivity index (χ2v) is 7.39. The van der Waals surface area contributed by atoms with Crippen molar-refractivity contribution in [3.8, 4) is 5.75 Å². The summed E-state index contributed by atoms with van der Waals surface area (Å²) in [4.78, 5) is 3.71. The van der Waals surface area contributed by atoms with Crippen molar-refractivity contribution in [1.29, 1.82) is 0 Å². The molecule has 0 aliphatic carbocycles. The molecule has 1 N–H and O–H groups in total. The van der Waals surface area contributed by atoms with Gasteiger partial charge in [0.2, 0.25) is 0 Å². The lowest BCUT2D eigenvalue weighted by molar-refractivity contribution is -0.141. The molecule has 0 saturated heterocycles. The Labute approximate surface area is 167 Å². The number of hydrogen-bond donors (Lipinski definition) is 1. The maximum absolute atomic E-state index is 13.1. The number of pyridine rings is 1. The molecule has 4 rings (SSSR count). The Hall–Kier alpha value is -2.60. The smallest absolute Gasteiger partial charge is 0.433 e. The van der Waals surface area contributed by atoms with Crippen LogP contribution in [0.1, 0.15) is 41.6 Å². The van der Waals surface area contributed by atoms with E-state index in [-0.39, 0.29) is 5.75 Å². The molecule has 3 nitrogen and oxygen atoms in total. The quantitative estimate of drug-likeness (QED) is 0.521. The highest BCUT2D eigenvalue weighted by Gasteiger charge is 2.33. The van der Waals surface area contributed by atoms with Gasteiger partial charge < -0.3 is 10.1 Å². The summed E-state index contributed by atoms with van der Waals surface area (Å²) >= 11 is 0. The summed E-state index contributed by atoms with van der Waals surface area (Å²) < 4.78 is 45.0. The number of aromatic nitrogens is 1. The number of nitrogens with one attached hydrogen (secondary N) is 1. The molecule has 0 atom stereocenters. The first-order chi connectivity index (χ1) is 14.0. The zero-order valence-electron chi connectivity index (χ0n) is 16.1. The van der Waals surface area contributed by atoms with Crippen LogP contribution >= 0.6 is 0 Å². The van der Waals surface area contributed by atoms with E-state index in [9.17, 15) is 13.2 Å². The monoisotopic (exact) mass is 400 g/mol. The molecule has 0 bridgehead atoms. The fraction of sp³-hybridized carbons (Fsp3) is 0.348. The van der Waals surface area contributed by atoms with E-state index in [1.165, 1.54) is 16.7 Å². The molecule has 1 aliphatic rings. The molecule has 1 aromatic heterocycles. The van der Waals surface area contributed by atoms with E-state index in [1.54, 1.807) is 24.3 Å². The van der Waals surface area contributed by atoms with Crippen LogP contribution in [0.25, 0.3) is 10.9 Å². The molecular formula is C23H23F3N2O. The standard InChI is InChI=1S/C23H23F3N2O/c24-23(25,26)22-13-21(19-7-3-4-8-20(19)28-22)29-11-5-1-2-6-16-9-10-17-14-27-15-18(17)12-16/h3-4,7-10,12-13,27H,1-2,5-6,11,14-15H2. The second-order valence-electron chi connectivity index (χ2n) is 7.39. The molecule has 0 fully saturated rings. The topological polar surface area (TPSA) is 34.1 Å². The minimum Gasteiger partial charge on any atom is -0.493 e. The Balaban J connectivity index is 1.31. The third kappa shape index (κ3) is 4.70. The lowest BCUT2D eigenvalue weighted by Gasteiger charge is -2.13. The third-order valence-electron chi connectivity index (χ3n) is 5.24. The van der Waals surface area contributed by atoms with Crippen LogP contribution in [0.2, 0.25) is 0 Å². The van der Waals surface area contributed by atoms with Crippen molar-refractivity contribution in [3.63, 3.8) is 0 Å². The zero-order valence-corrected chi connectivity index (χ0v) is 16.1. The number of aryl methyl sites for hydroxylation is 1. The number of unbranched alkanes of at least 4 members (excludes halogenated alkanes) is 2. The summed E-state index contributed by atoms with van der Waals surface area (Å²) in [6.45, 7) is 2.28. The molecule has 6 heteroatoms. The largest absolute Gasteiger partial charge is 0.493 e. The number of fused-ring (bicyclic) bond motifs is 2. The third-order valence-corrected chi connectivity index (χ3v) is 5.24. The molecule has 3 aromatic rings. The van der Waals surface area contributed by atoms with Crippen molar-refractivity contribution < 1.29 is 17.9 Å². The maximum Gasteiger partial charge on any atom is 0.433 e. The second kappa shape index (κ2) is 8.41. The number of benzene rings is 2. The zero-order chi connectivity index (χ0) is 20.3. The molecule has 2 aromatic carbocycles.